The van der Waals surface area contributed by atoms with E-state index in [1.807, 2.05) is 18.2 Å². The quantitative estimate of drug-likeness (QED) is 0.177. The van der Waals surface area contributed by atoms with Crippen molar-refractivity contribution < 1.29 is 18.7 Å². The van der Waals surface area contributed by atoms with E-state index in [-0.39, 0.29) is 30.7 Å². The Bertz CT molecular complexity index is 1520. The van der Waals surface area contributed by atoms with Crippen LogP contribution in [0, 0.1) is 0 Å². The molecule has 3 aromatic carbocycles. The van der Waals surface area contributed by atoms with Crippen molar-refractivity contribution in [2.24, 2.45) is 0 Å². The van der Waals surface area contributed by atoms with Crippen LogP contribution in [0.25, 0.3) is 11.0 Å². The number of nitrogens with two attached hydrogens (primary N) is 1. The number of fused-ring (bicyclic) bond motifs is 1. The molecular weight excluding hydrogens is 470 g/mol. The summed E-state index contributed by atoms with van der Waals surface area (Å²) in [4.78, 5) is 32.4. The highest BCUT2D eigenvalue weighted by atomic mass is 16.5. The molecule has 0 aliphatic heterocycles. The SMILES string of the molecule is Nc1ccccc1NC(=O)c1ccc(OCCNC(=O)c2cc3c(Cc4ncc[nH]4)cccc3o2)cc1. The molecule has 0 spiro atoms. The lowest BCUT2D eigenvalue weighted by atomic mass is 10.1. The molecule has 9 heteroatoms. The summed E-state index contributed by atoms with van der Waals surface area (Å²) in [5, 5.41) is 6.46. The molecule has 2 amide bonds. The van der Waals surface area contributed by atoms with Crippen molar-refractivity contribution in [3.8, 4) is 5.75 Å². The largest absolute Gasteiger partial charge is 0.492 e. The number of anilines is 2. The molecular formula is C28H25N5O4. The molecule has 0 saturated carbocycles. The molecule has 37 heavy (non-hydrogen) atoms. The highest BCUT2D eigenvalue weighted by molar-refractivity contribution is 6.05. The van der Waals surface area contributed by atoms with Crippen molar-refractivity contribution in [2.45, 2.75) is 6.42 Å². The van der Waals surface area contributed by atoms with Crippen LogP contribution in [0.1, 0.15) is 32.3 Å². The van der Waals surface area contributed by atoms with Crippen molar-refractivity contribution in [2.75, 3.05) is 24.2 Å². The highest BCUT2D eigenvalue weighted by Gasteiger charge is 2.15. The minimum atomic E-state index is -0.323. The van der Waals surface area contributed by atoms with Gasteiger partial charge in [0.05, 0.1) is 17.9 Å². The molecule has 2 aromatic heterocycles. The number of para-hydroxylation sites is 2. The number of nitrogens with zero attached hydrogens (tertiary/aromatic N) is 1. The fraction of sp³-hybridized carbons (Fsp3) is 0.107. The first-order chi connectivity index (χ1) is 18.1. The zero-order valence-electron chi connectivity index (χ0n) is 19.9. The van der Waals surface area contributed by atoms with Crippen molar-refractivity contribution in [1.29, 1.82) is 0 Å². The average molecular weight is 496 g/mol. The first-order valence-corrected chi connectivity index (χ1v) is 11.7. The van der Waals surface area contributed by atoms with Gasteiger partial charge in [-0.3, -0.25) is 9.59 Å². The third-order valence-corrected chi connectivity index (χ3v) is 5.77. The third-order valence-electron chi connectivity index (χ3n) is 5.77. The minimum Gasteiger partial charge on any atom is -0.492 e. The Morgan fingerprint density at radius 3 is 2.62 bits per heavy atom. The molecule has 0 atom stereocenters. The Morgan fingerprint density at radius 1 is 1.00 bits per heavy atom. The van der Waals surface area contributed by atoms with E-state index in [2.05, 4.69) is 20.6 Å². The molecule has 9 nitrogen and oxygen atoms in total. The number of hydrogen-bond donors (Lipinski definition) is 4. The molecule has 186 valence electrons. The summed E-state index contributed by atoms with van der Waals surface area (Å²) in [6.07, 6.45) is 4.10. The van der Waals surface area contributed by atoms with Crippen molar-refractivity contribution in [1.82, 2.24) is 15.3 Å². The van der Waals surface area contributed by atoms with Crippen molar-refractivity contribution in [3.63, 3.8) is 0 Å². The Morgan fingerprint density at radius 2 is 1.84 bits per heavy atom. The Kier molecular flexibility index (Phi) is 6.84. The Balaban J connectivity index is 1.12. The number of hydrogen-bond acceptors (Lipinski definition) is 6. The van der Waals surface area contributed by atoms with E-state index in [1.165, 1.54) is 0 Å². The molecule has 2 heterocycles. The topological polar surface area (TPSA) is 135 Å². The van der Waals surface area contributed by atoms with E-state index >= 15 is 0 Å². The van der Waals surface area contributed by atoms with Gasteiger partial charge in [-0.15, -0.1) is 0 Å². The van der Waals surface area contributed by atoms with Gasteiger partial charge in [-0.05, 0) is 54.1 Å². The van der Waals surface area contributed by atoms with Gasteiger partial charge < -0.3 is 30.5 Å². The van der Waals surface area contributed by atoms with E-state index in [1.54, 1.807) is 67.0 Å². The van der Waals surface area contributed by atoms with Gasteiger partial charge in [0.2, 0.25) is 0 Å². The van der Waals surface area contributed by atoms with Gasteiger partial charge >= 0.3 is 0 Å². The van der Waals surface area contributed by atoms with Gasteiger partial charge in [0, 0.05) is 29.8 Å². The monoisotopic (exact) mass is 495 g/mol. The van der Waals surface area contributed by atoms with E-state index < -0.39 is 0 Å². The van der Waals surface area contributed by atoms with Crippen LogP contribution in [0.3, 0.4) is 0 Å². The summed E-state index contributed by atoms with van der Waals surface area (Å²) >= 11 is 0. The molecule has 0 unspecified atom stereocenters. The summed E-state index contributed by atoms with van der Waals surface area (Å²) < 4.78 is 11.5. The summed E-state index contributed by atoms with van der Waals surface area (Å²) in [5.74, 6) is 1.06. The van der Waals surface area contributed by atoms with Gasteiger partial charge in [-0.2, -0.15) is 0 Å². The van der Waals surface area contributed by atoms with Crippen LogP contribution in [0.4, 0.5) is 11.4 Å². The van der Waals surface area contributed by atoms with E-state index in [0.717, 1.165) is 16.8 Å². The van der Waals surface area contributed by atoms with Crippen molar-refractivity contribution >= 4 is 34.2 Å². The minimum absolute atomic E-state index is 0.233. The molecule has 0 fully saturated rings. The second-order valence-corrected chi connectivity index (χ2v) is 8.32. The second-order valence-electron chi connectivity index (χ2n) is 8.32. The van der Waals surface area contributed by atoms with E-state index in [0.29, 0.717) is 34.7 Å². The maximum absolute atomic E-state index is 12.6. The first kappa shape index (κ1) is 23.7. The number of aromatic amines is 1. The van der Waals surface area contributed by atoms with Gasteiger partial charge in [0.15, 0.2) is 5.76 Å². The zero-order valence-corrected chi connectivity index (χ0v) is 19.9. The number of H-pyrrole nitrogens is 1. The maximum Gasteiger partial charge on any atom is 0.287 e. The number of imidazole rings is 1. The molecule has 0 aliphatic rings. The number of furan rings is 1. The average Bonchev–Trinajstić information content (AvgIpc) is 3.59. The zero-order chi connectivity index (χ0) is 25.6. The molecule has 0 radical (unpaired) electrons. The predicted molar refractivity (Wildman–Crippen MR) is 141 cm³/mol. The van der Waals surface area contributed by atoms with Crippen LogP contribution in [0.15, 0.2) is 89.6 Å². The summed E-state index contributed by atoms with van der Waals surface area (Å²) in [6.45, 7) is 0.534. The van der Waals surface area contributed by atoms with E-state index in [4.69, 9.17) is 14.9 Å². The third kappa shape index (κ3) is 5.62. The van der Waals surface area contributed by atoms with Crippen LogP contribution in [-0.4, -0.2) is 34.9 Å². The second kappa shape index (κ2) is 10.7. The molecule has 5 N–H and O–H groups in total. The Hall–Kier alpha value is -5.05. The summed E-state index contributed by atoms with van der Waals surface area (Å²) in [5.41, 5.74) is 9.06. The van der Waals surface area contributed by atoms with Crippen LogP contribution >= 0.6 is 0 Å². The number of nitrogens with one attached hydrogen (secondary N) is 3. The summed E-state index contributed by atoms with van der Waals surface area (Å²) in [7, 11) is 0. The maximum atomic E-state index is 12.6. The van der Waals surface area contributed by atoms with Gasteiger partial charge in [-0.25, -0.2) is 4.98 Å². The van der Waals surface area contributed by atoms with Crippen LogP contribution in [-0.2, 0) is 6.42 Å². The molecule has 0 aliphatic carbocycles. The molecule has 5 aromatic rings. The highest BCUT2D eigenvalue weighted by Crippen LogP contribution is 2.25. The lowest BCUT2D eigenvalue weighted by molar-refractivity contribution is 0.0921. The molecule has 0 saturated heterocycles. The molecule has 0 bridgehead atoms. The number of ether oxygens (including phenoxy) is 1. The van der Waals surface area contributed by atoms with Gasteiger partial charge in [0.25, 0.3) is 11.8 Å². The number of amides is 2. The number of carbonyl (C=O) groups excluding carboxylic acids is 2. The number of rotatable bonds is 9. The number of carbonyl (C=O) groups is 2. The number of nitrogen functional groups attached to an aromatic ring is 1. The normalized spacial score (nSPS) is 10.8. The van der Waals surface area contributed by atoms with Gasteiger partial charge in [-0.1, -0.05) is 24.3 Å². The van der Waals surface area contributed by atoms with Crippen LogP contribution in [0.5, 0.6) is 5.75 Å². The lowest BCUT2D eigenvalue weighted by Gasteiger charge is -2.09. The number of benzene rings is 3. The van der Waals surface area contributed by atoms with Crippen LogP contribution < -0.4 is 21.1 Å². The van der Waals surface area contributed by atoms with E-state index in [9.17, 15) is 9.59 Å². The Labute approximate surface area is 212 Å². The van der Waals surface area contributed by atoms with Crippen LogP contribution in [0.2, 0.25) is 0 Å². The lowest BCUT2D eigenvalue weighted by Crippen LogP contribution is -2.27. The standard InChI is InChI=1S/C28H25N5O4/c29-22-5-1-2-6-23(22)33-27(34)18-8-10-20(11-9-18)36-15-14-32-28(35)25-17-21-19(4-3-7-24(21)37-25)16-26-30-12-13-31-26/h1-13,17H,14-16,29H2,(H,30,31)(H,32,35)(H,33,34). The fourth-order valence-corrected chi connectivity index (χ4v) is 3.89. The first-order valence-electron chi connectivity index (χ1n) is 11.7. The fourth-order valence-electron chi connectivity index (χ4n) is 3.89. The summed E-state index contributed by atoms with van der Waals surface area (Å²) in [6, 6.07) is 21.3. The van der Waals surface area contributed by atoms with Gasteiger partial charge in [0.1, 0.15) is 23.8 Å². The smallest absolute Gasteiger partial charge is 0.287 e. The van der Waals surface area contributed by atoms with Crippen molar-refractivity contribution in [3.05, 3.63) is 108 Å². The predicted octanol–water partition coefficient (Wildman–Crippen LogP) is 4.39. The number of aromatic nitrogens is 2. The molecule has 5 rings (SSSR count).